The summed E-state index contributed by atoms with van der Waals surface area (Å²) in [5.74, 6) is 2.18. The van der Waals surface area contributed by atoms with Gasteiger partial charge in [0.05, 0.1) is 34.5 Å². The van der Waals surface area contributed by atoms with E-state index in [0.29, 0.717) is 84.3 Å². The first kappa shape index (κ1) is 33.5. The summed E-state index contributed by atoms with van der Waals surface area (Å²) in [6.07, 6.45) is 3.35. The average molecular weight is 637 g/mol. The summed E-state index contributed by atoms with van der Waals surface area (Å²) in [5, 5.41) is 0.565. The van der Waals surface area contributed by atoms with Gasteiger partial charge in [0.2, 0.25) is 11.7 Å². The van der Waals surface area contributed by atoms with Crippen LogP contribution in [0.3, 0.4) is 0 Å². The van der Waals surface area contributed by atoms with Crippen molar-refractivity contribution in [1.82, 2.24) is 9.80 Å². The molecule has 1 fully saturated rings. The van der Waals surface area contributed by atoms with Crippen LogP contribution in [0.4, 0.5) is 0 Å². The highest BCUT2D eigenvalue weighted by Crippen LogP contribution is 2.39. The third-order valence-electron chi connectivity index (χ3n) is 7.37. The lowest BCUT2D eigenvalue weighted by Crippen LogP contribution is -2.50. The van der Waals surface area contributed by atoms with Crippen LogP contribution in [0, 0.1) is 0 Å². The Hall–Kier alpha value is -4.37. The molecule has 4 rings (SSSR count). The molecule has 45 heavy (non-hydrogen) atoms. The molecule has 1 heterocycles. The van der Waals surface area contributed by atoms with Crippen molar-refractivity contribution in [3.63, 3.8) is 0 Å². The van der Waals surface area contributed by atoms with Crippen LogP contribution in [-0.4, -0.2) is 82.3 Å². The molecule has 0 spiro atoms. The third-order valence-corrected chi connectivity index (χ3v) is 7.61. The van der Waals surface area contributed by atoms with Crippen molar-refractivity contribution in [2.24, 2.45) is 0 Å². The molecule has 240 valence electrons. The van der Waals surface area contributed by atoms with Gasteiger partial charge in [-0.3, -0.25) is 9.59 Å². The molecular formula is C35H41ClN2O7. The van der Waals surface area contributed by atoms with E-state index in [-0.39, 0.29) is 11.8 Å². The lowest BCUT2D eigenvalue weighted by Gasteiger charge is -2.34. The maximum atomic E-state index is 13.7. The maximum absolute atomic E-state index is 13.7. The molecule has 0 radical (unpaired) electrons. The minimum Gasteiger partial charge on any atom is -0.493 e. The number of hydrogen-bond acceptors (Lipinski definition) is 7. The number of nitrogens with zero attached hydrogens (tertiary/aromatic N) is 2. The molecule has 0 aliphatic carbocycles. The average Bonchev–Trinajstić information content (AvgIpc) is 3.07. The molecule has 1 saturated heterocycles. The lowest BCUT2D eigenvalue weighted by atomic mass is 9.96. The smallest absolute Gasteiger partial charge is 0.254 e. The lowest BCUT2D eigenvalue weighted by molar-refractivity contribution is -0.127. The van der Waals surface area contributed by atoms with Gasteiger partial charge in [0.15, 0.2) is 23.0 Å². The predicted octanol–water partition coefficient (Wildman–Crippen LogP) is 6.36. The Morgan fingerprint density at radius 1 is 0.711 bits per heavy atom. The molecule has 2 amide bonds. The first-order valence-electron chi connectivity index (χ1n) is 15.1. The standard InChI is InChI=1S/C35H41ClN2O7/c1-6-17-44-29-12-11-25(20-30(29)45-18-7-2)28(24-9-8-10-27(36)19-24)23-33(39)37-13-15-38(16-14-37)35(40)26-21-31(41-3)34(43-5)32(22-26)42-4/h8-12,19-23H,6-7,13-18H2,1-5H3. The van der Waals surface area contributed by atoms with Crippen molar-refractivity contribution in [3.8, 4) is 28.7 Å². The molecule has 0 atom stereocenters. The second-order valence-electron chi connectivity index (χ2n) is 10.5. The van der Waals surface area contributed by atoms with Crippen molar-refractivity contribution < 1.29 is 33.3 Å². The highest BCUT2D eigenvalue weighted by Gasteiger charge is 2.27. The summed E-state index contributed by atoms with van der Waals surface area (Å²) in [4.78, 5) is 30.6. The Labute approximate surface area is 270 Å². The fraction of sp³-hybridized carbons (Fsp3) is 0.371. The zero-order valence-corrected chi connectivity index (χ0v) is 27.3. The van der Waals surface area contributed by atoms with Gasteiger partial charge in [-0.15, -0.1) is 0 Å². The number of ether oxygens (including phenoxy) is 5. The van der Waals surface area contributed by atoms with E-state index in [1.165, 1.54) is 21.3 Å². The highest BCUT2D eigenvalue weighted by molar-refractivity contribution is 6.30. The van der Waals surface area contributed by atoms with Gasteiger partial charge in [-0.2, -0.15) is 0 Å². The van der Waals surface area contributed by atoms with Gasteiger partial charge < -0.3 is 33.5 Å². The van der Waals surface area contributed by atoms with E-state index in [9.17, 15) is 9.59 Å². The van der Waals surface area contributed by atoms with E-state index in [0.717, 1.165) is 24.0 Å². The Balaban J connectivity index is 1.57. The van der Waals surface area contributed by atoms with Crippen LogP contribution in [-0.2, 0) is 4.79 Å². The number of benzene rings is 3. The summed E-state index contributed by atoms with van der Waals surface area (Å²) < 4.78 is 28.2. The second-order valence-corrected chi connectivity index (χ2v) is 10.9. The van der Waals surface area contributed by atoms with E-state index >= 15 is 0 Å². The van der Waals surface area contributed by atoms with Gasteiger partial charge in [0, 0.05) is 42.8 Å². The second kappa shape index (κ2) is 16.1. The third kappa shape index (κ3) is 8.22. The summed E-state index contributed by atoms with van der Waals surface area (Å²) in [5.41, 5.74) is 2.73. The number of piperazine rings is 1. The molecule has 0 bridgehead atoms. The number of hydrogen-bond donors (Lipinski definition) is 0. The number of halogens is 1. The van der Waals surface area contributed by atoms with Gasteiger partial charge in [-0.05, 0) is 65.9 Å². The number of carbonyl (C=O) groups excluding carboxylic acids is 2. The van der Waals surface area contributed by atoms with E-state index in [4.69, 9.17) is 35.3 Å². The van der Waals surface area contributed by atoms with Crippen molar-refractivity contribution in [2.45, 2.75) is 26.7 Å². The monoisotopic (exact) mass is 636 g/mol. The quantitative estimate of drug-likeness (QED) is 0.202. The van der Waals surface area contributed by atoms with E-state index in [2.05, 4.69) is 6.92 Å². The van der Waals surface area contributed by atoms with Crippen molar-refractivity contribution in [2.75, 3.05) is 60.7 Å². The zero-order valence-electron chi connectivity index (χ0n) is 26.6. The summed E-state index contributed by atoms with van der Waals surface area (Å²) in [7, 11) is 4.53. The van der Waals surface area contributed by atoms with E-state index < -0.39 is 0 Å². The number of methoxy groups -OCH3 is 3. The molecule has 0 saturated carbocycles. The van der Waals surface area contributed by atoms with Gasteiger partial charge in [-0.1, -0.05) is 43.6 Å². The molecule has 1 aliphatic rings. The molecular weight excluding hydrogens is 596 g/mol. The Morgan fingerprint density at radius 2 is 1.29 bits per heavy atom. The fourth-order valence-electron chi connectivity index (χ4n) is 5.05. The van der Waals surface area contributed by atoms with Crippen molar-refractivity contribution >= 4 is 29.0 Å². The van der Waals surface area contributed by atoms with Crippen LogP contribution in [0.15, 0.2) is 60.7 Å². The normalized spacial score (nSPS) is 13.3. The first-order chi connectivity index (χ1) is 21.8. The fourth-order valence-corrected chi connectivity index (χ4v) is 5.24. The van der Waals surface area contributed by atoms with Gasteiger partial charge in [0.1, 0.15) is 0 Å². The summed E-state index contributed by atoms with van der Waals surface area (Å²) in [6, 6.07) is 16.4. The van der Waals surface area contributed by atoms with Crippen molar-refractivity contribution in [1.29, 1.82) is 0 Å². The van der Waals surface area contributed by atoms with Crippen LogP contribution in [0.2, 0.25) is 5.02 Å². The van der Waals surface area contributed by atoms with Crippen LogP contribution in [0.5, 0.6) is 28.7 Å². The predicted molar refractivity (Wildman–Crippen MR) is 175 cm³/mol. The summed E-state index contributed by atoms with van der Waals surface area (Å²) in [6.45, 7) is 6.72. The maximum Gasteiger partial charge on any atom is 0.254 e. The molecule has 3 aromatic carbocycles. The zero-order chi connectivity index (χ0) is 32.3. The van der Waals surface area contributed by atoms with Gasteiger partial charge in [0.25, 0.3) is 5.91 Å². The minimum atomic E-state index is -0.179. The molecule has 0 unspecified atom stereocenters. The number of rotatable bonds is 13. The number of carbonyl (C=O) groups is 2. The van der Waals surface area contributed by atoms with Crippen LogP contribution >= 0.6 is 11.6 Å². The van der Waals surface area contributed by atoms with E-state index in [1.807, 2.05) is 43.3 Å². The van der Waals surface area contributed by atoms with Crippen LogP contribution in [0.1, 0.15) is 48.2 Å². The van der Waals surface area contributed by atoms with Crippen LogP contribution < -0.4 is 23.7 Å². The molecule has 3 aromatic rings. The Morgan fingerprint density at radius 3 is 1.87 bits per heavy atom. The first-order valence-corrected chi connectivity index (χ1v) is 15.5. The Bertz CT molecular complexity index is 1490. The topological polar surface area (TPSA) is 86.8 Å². The Kier molecular flexibility index (Phi) is 12.0. The molecule has 9 nitrogen and oxygen atoms in total. The van der Waals surface area contributed by atoms with Crippen LogP contribution in [0.25, 0.3) is 5.57 Å². The molecule has 0 N–H and O–H groups in total. The highest BCUT2D eigenvalue weighted by atomic mass is 35.5. The SMILES string of the molecule is CCCOc1ccc(C(=CC(=O)N2CCN(C(=O)c3cc(OC)c(OC)c(OC)c3)CC2)c2cccc(Cl)c2)cc1OCCC. The van der Waals surface area contributed by atoms with E-state index in [1.54, 1.807) is 34.1 Å². The summed E-state index contributed by atoms with van der Waals surface area (Å²) >= 11 is 6.37. The molecule has 0 aromatic heterocycles. The van der Waals surface area contributed by atoms with Gasteiger partial charge in [-0.25, -0.2) is 0 Å². The van der Waals surface area contributed by atoms with Gasteiger partial charge >= 0.3 is 0 Å². The number of amides is 2. The molecule has 10 heteroatoms. The largest absolute Gasteiger partial charge is 0.493 e. The van der Waals surface area contributed by atoms with Crippen molar-refractivity contribution in [3.05, 3.63) is 82.4 Å². The molecule has 1 aliphatic heterocycles. The minimum absolute atomic E-state index is 0.160.